The van der Waals surface area contributed by atoms with Crippen LogP contribution in [-0.2, 0) is 10.0 Å². The molecule has 0 aliphatic rings. The van der Waals surface area contributed by atoms with Crippen LogP contribution in [0.5, 0.6) is 5.75 Å². The lowest BCUT2D eigenvalue weighted by Gasteiger charge is -2.30. The van der Waals surface area contributed by atoms with E-state index in [4.69, 9.17) is 4.42 Å². The highest BCUT2D eigenvalue weighted by Gasteiger charge is 2.31. The first-order chi connectivity index (χ1) is 14.0. The van der Waals surface area contributed by atoms with Gasteiger partial charge in [0.15, 0.2) is 21.1 Å². The Morgan fingerprint density at radius 3 is 2.63 bits per heavy atom. The minimum atomic E-state index is -3.82. The molecule has 3 aromatic heterocycles. The molecule has 0 fully saturated rings. The van der Waals surface area contributed by atoms with E-state index in [1.165, 1.54) is 5.38 Å². The second-order valence-corrected chi connectivity index (χ2v) is 11.2. The van der Waals surface area contributed by atoms with Crippen molar-refractivity contribution in [3.05, 3.63) is 29.5 Å². The molecule has 0 amide bonds. The molecule has 0 aliphatic carbocycles. The van der Waals surface area contributed by atoms with E-state index in [1.807, 2.05) is 26.8 Å². The molecule has 0 saturated heterocycles. The third kappa shape index (κ3) is 4.75. The summed E-state index contributed by atoms with van der Waals surface area (Å²) in [6.45, 7) is 7.91. The van der Waals surface area contributed by atoms with Gasteiger partial charge in [0.05, 0.1) is 24.3 Å². The topological polar surface area (TPSA) is 152 Å². The molecule has 3 aromatic rings. The summed E-state index contributed by atoms with van der Waals surface area (Å²) in [5, 5.41) is 17.9. The SMILES string of the molecule is CCNS(=O)(=O)c1scc(Nc2n[s+]([O-])nc2N[C@@H](c2ccoc2)C(C)(C)C)c1O. The maximum Gasteiger partial charge on any atom is 0.253 e. The first-order valence-corrected chi connectivity index (χ1v) is 12.4. The van der Waals surface area contributed by atoms with Crippen molar-refractivity contribution in [1.82, 2.24) is 13.5 Å². The predicted octanol–water partition coefficient (Wildman–Crippen LogP) is 3.81. The molecule has 0 spiro atoms. The zero-order valence-corrected chi connectivity index (χ0v) is 19.2. The van der Waals surface area contributed by atoms with Crippen LogP contribution in [0.4, 0.5) is 17.3 Å². The fraction of sp³-hybridized carbons (Fsp3) is 0.412. The number of nitrogens with zero attached hydrogens (tertiary/aromatic N) is 2. The van der Waals surface area contributed by atoms with Gasteiger partial charge in [-0.25, -0.2) is 13.1 Å². The molecule has 0 aliphatic heterocycles. The summed E-state index contributed by atoms with van der Waals surface area (Å²) < 4.78 is 51.6. The average molecular weight is 474 g/mol. The van der Waals surface area contributed by atoms with Crippen LogP contribution < -0.4 is 15.4 Å². The highest BCUT2D eigenvalue weighted by molar-refractivity contribution is 7.91. The van der Waals surface area contributed by atoms with Crippen LogP contribution in [0, 0.1) is 5.41 Å². The summed E-state index contributed by atoms with van der Waals surface area (Å²) in [6.07, 6.45) is 3.18. The molecule has 0 saturated carbocycles. The number of rotatable bonds is 8. The Labute approximate surface area is 181 Å². The molecule has 3 heterocycles. The van der Waals surface area contributed by atoms with Crippen LogP contribution in [0.15, 0.2) is 32.6 Å². The van der Waals surface area contributed by atoms with Crippen molar-refractivity contribution in [2.24, 2.45) is 5.41 Å². The summed E-state index contributed by atoms with van der Waals surface area (Å²) in [6, 6.07) is 1.58. The number of furan rings is 1. The molecule has 164 valence electrons. The van der Waals surface area contributed by atoms with Crippen LogP contribution in [0.3, 0.4) is 0 Å². The smallest absolute Gasteiger partial charge is 0.253 e. The average Bonchev–Trinajstić information content (AvgIpc) is 3.34. The van der Waals surface area contributed by atoms with Crippen LogP contribution >= 0.6 is 22.5 Å². The van der Waals surface area contributed by atoms with Gasteiger partial charge in [-0.1, -0.05) is 27.7 Å². The van der Waals surface area contributed by atoms with Crippen molar-refractivity contribution >= 4 is 49.8 Å². The normalized spacial score (nSPS) is 14.0. The lowest BCUT2D eigenvalue weighted by Crippen LogP contribution is -2.25. The van der Waals surface area contributed by atoms with Crippen molar-refractivity contribution in [3.63, 3.8) is 0 Å². The molecular weight excluding hydrogens is 450 g/mol. The van der Waals surface area contributed by atoms with E-state index in [0.29, 0.717) is 0 Å². The van der Waals surface area contributed by atoms with Crippen molar-refractivity contribution < 1.29 is 22.5 Å². The van der Waals surface area contributed by atoms with E-state index in [0.717, 1.165) is 16.9 Å². The van der Waals surface area contributed by atoms with Crippen LogP contribution in [-0.4, -0.2) is 33.4 Å². The molecule has 3 rings (SSSR count). The highest BCUT2D eigenvalue weighted by atomic mass is 32.2. The number of nitrogens with one attached hydrogen (secondary N) is 3. The standard InChI is InChI=1S/C17H23N5O5S3/c1-5-18-30(25,26)16-12(23)11(9-28-16)19-14-15(22-29(24)21-14)20-13(17(2,3)4)10-6-7-27-8-10/h6-9,13,18,23H,5H2,1-4H3,(H,19,21)(H,20,22)/t13-,29?/m0/s1. The minimum absolute atomic E-state index is 0.124. The summed E-state index contributed by atoms with van der Waals surface area (Å²) in [5.41, 5.74) is 0.748. The van der Waals surface area contributed by atoms with Gasteiger partial charge in [-0.15, -0.1) is 11.3 Å². The number of sulfonamides is 1. The van der Waals surface area contributed by atoms with Crippen molar-refractivity contribution in [1.29, 1.82) is 0 Å². The fourth-order valence-corrected chi connectivity index (χ4v) is 5.76. The van der Waals surface area contributed by atoms with Gasteiger partial charge in [-0.3, -0.25) is 0 Å². The molecule has 13 heteroatoms. The third-order valence-electron chi connectivity index (χ3n) is 4.15. The van der Waals surface area contributed by atoms with Gasteiger partial charge in [-0.2, -0.15) is 0 Å². The van der Waals surface area contributed by atoms with Gasteiger partial charge < -0.3 is 24.7 Å². The molecule has 4 N–H and O–H groups in total. The minimum Gasteiger partial charge on any atom is -0.546 e. The maximum absolute atomic E-state index is 12.2. The largest absolute Gasteiger partial charge is 0.546 e. The molecular formula is C17H23N5O5S3. The van der Waals surface area contributed by atoms with E-state index in [2.05, 4.69) is 24.1 Å². The summed E-state index contributed by atoms with van der Waals surface area (Å²) >= 11 is -0.990. The number of hydrogen-bond acceptors (Lipinski definition) is 10. The molecule has 0 aromatic carbocycles. The van der Waals surface area contributed by atoms with Gasteiger partial charge in [-0.05, 0) is 11.5 Å². The Morgan fingerprint density at radius 1 is 1.33 bits per heavy atom. The molecule has 2 atom stereocenters. The fourth-order valence-electron chi connectivity index (χ4n) is 2.81. The Kier molecular flexibility index (Phi) is 6.38. The summed E-state index contributed by atoms with van der Waals surface area (Å²) in [4.78, 5) is 0. The summed E-state index contributed by atoms with van der Waals surface area (Å²) in [5.74, 6) is -0.0781. The second-order valence-electron chi connectivity index (χ2n) is 7.52. The van der Waals surface area contributed by atoms with Gasteiger partial charge in [0.2, 0.25) is 11.6 Å². The number of aromatic nitrogens is 2. The van der Waals surface area contributed by atoms with Crippen molar-refractivity contribution in [2.75, 3.05) is 17.2 Å². The van der Waals surface area contributed by atoms with Gasteiger partial charge in [0.25, 0.3) is 10.0 Å². The molecule has 30 heavy (non-hydrogen) atoms. The number of thiophene rings is 1. The lowest BCUT2D eigenvalue weighted by molar-refractivity contribution is 0.345. The first-order valence-electron chi connectivity index (χ1n) is 8.98. The van der Waals surface area contributed by atoms with E-state index >= 15 is 0 Å². The lowest BCUT2D eigenvalue weighted by atomic mass is 9.83. The molecule has 0 bridgehead atoms. The van der Waals surface area contributed by atoms with Gasteiger partial charge in [0, 0.05) is 26.2 Å². The Hall–Kier alpha value is -2.19. The van der Waals surface area contributed by atoms with Gasteiger partial charge in [0.1, 0.15) is 0 Å². The Morgan fingerprint density at radius 2 is 2.03 bits per heavy atom. The van der Waals surface area contributed by atoms with Crippen molar-refractivity contribution in [3.8, 4) is 5.75 Å². The first kappa shape index (κ1) is 22.5. The molecule has 0 radical (unpaired) electrons. The maximum atomic E-state index is 12.2. The Bertz CT molecular complexity index is 1100. The number of aromatic hydroxyl groups is 1. The number of hydrogen-bond donors (Lipinski definition) is 4. The molecule has 10 nitrogen and oxygen atoms in total. The predicted molar refractivity (Wildman–Crippen MR) is 115 cm³/mol. The monoisotopic (exact) mass is 473 g/mol. The summed E-state index contributed by atoms with van der Waals surface area (Å²) in [7, 11) is -3.82. The van der Waals surface area contributed by atoms with E-state index in [1.54, 1.807) is 19.5 Å². The highest BCUT2D eigenvalue weighted by Crippen LogP contribution is 2.42. The zero-order valence-electron chi connectivity index (χ0n) is 16.8. The van der Waals surface area contributed by atoms with Crippen LogP contribution in [0.2, 0.25) is 0 Å². The second kappa shape index (κ2) is 8.51. The van der Waals surface area contributed by atoms with Crippen molar-refractivity contribution in [2.45, 2.75) is 37.9 Å². The quantitative estimate of drug-likeness (QED) is 0.358. The number of anilines is 3. The molecule has 1 unspecified atom stereocenters. The van der Waals surface area contributed by atoms with E-state index in [-0.39, 0.29) is 39.5 Å². The van der Waals surface area contributed by atoms with E-state index in [9.17, 15) is 18.1 Å². The van der Waals surface area contributed by atoms with Crippen LogP contribution in [0.1, 0.15) is 39.3 Å². The third-order valence-corrected chi connectivity index (χ3v) is 7.89. The van der Waals surface area contributed by atoms with Gasteiger partial charge >= 0.3 is 0 Å². The zero-order chi connectivity index (χ0) is 22.1. The van der Waals surface area contributed by atoms with E-state index < -0.39 is 26.9 Å². The Balaban J connectivity index is 1.91. The van der Waals surface area contributed by atoms with Crippen LogP contribution in [0.25, 0.3) is 0 Å².